The van der Waals surface area contributed by atoms with Crippen LogP contribution in [0.5, 0.6) is 0 Å². The normalized spacial score (nSPS) is 12.1. The van der Waals surface area contributed by atoms with Crippen LogP contribution >= 0.6 is 11.6 Å². The third-order valence-electron chi connectivity index (χ3n) is 1.48. The molecule has 10 heavy (non-hydrogen) atoms. The van der Waals surface area contributed by atoms with Crippen LogP contribution in [0.2, 0.25) is 0 Å². The fourth-order valence-corrected chi connectivity index (χ4v) is 0.981. The van der Waals surface area contributed by atoms with E-state index in [4.69, 9.17) is 11.6 Å². The van der Waals surface area contributed by atoms with Crippen LogP contribution in [0.3, 0.4) is 0 Å². The Morgan fingerprint density at radius 3 is 2.50 bits per heavy atom. The van der Waals surface area contributed by atoms with Gasteiger partial charge in [0.1, 0.15) is 0 Å². The molecule has 0 nitrogen and oxygen atoms in total. The van der Waals surface area contributed by atoms with E-state index in [-0.39, 0.29) is 0 Å². The Labute approximate surface area is 69.3 Å². The number of hydrogen-bond donors (Lipinski definition) is 0. The first-order valence-electron chi connectivity index (χ1n) is 4.09. The molecule has 0 fully saturated rings. The van der Waals surface area contributed by atoms with Crippen molar-refractivity contribution in [3.8, 4) is 0 Å². The van der Waals surface area contributed by atoms with Gasteiger partial charge in [-0.3, -0.25) is 0 Å². The molecule has 0 aliphatic heterocycles. The molecule has 0 atom stereocenters. The van der Waals surface area contributed by atoms with E-state index in [2.05, 4.69) is 13.0 Å². The van der Waals surface area contributed by atoms with Gasteiger partial charge in [-0.1, -0.05) is 43.9 Å². The van der Waals surface area contributed by atoms with Crippen molar-refractivity contribution in [3.05, 3.63) is 11.1 Å². The van der Waals surface area contributed by atoms with Gasteiger partial charge in [-0.05, 0) is 19.8 Å². The van der Waals surface area contributed by atoms with Crippen LogP contribution in [0.4, 0.5) is 0 Å². The summed E-state index contributed by atoms with van der Waals surface area (Å²) in [6.07, 6.45) is 8.54. The van der Waals surface area contributed by atoms with Crippen LogP contribution < -0.4 is 0 Å². The predicted molar refractivity (Wildman–Crippen MR) is 48.4 cm³/mol. The summed E-state index contributed by atoms with van der Waals surface area (Å²) in [5, 5.41) is 0.927. The highest BCUT2D eigenvalue weighted by Gasteiger charge is 1.85. The maximum atomic E-state index is 5.65. The molecule has 0 bridgehead atoms. The van der Waals surface area contributed by atoms with E-state index in [1.165, 1.54) is 25.7 Å². The Morgan fingerprint density at radius 1 is 1.30 bits per heavy atom. The minimum absolute atomic E-state index is 0.927. The molecule has 0 unspecified atom stereocenters. The minimum atomic E-state index is 0.927. The molecular weight excluding hydrogens is 144 g/mol. The zero-order valence-electron chi connectivity index (χ0n) is 6.99. The number of rotatable bonds is 5. The smallest absolute Gasteiger partial charge is 0.0110 e. The molecule has 0 saturated heterocycles. The van der Waals surface area contributed by atoms with E-state index in [0.717, 1.165) is 11.5 Å². The predicted octanol–water partition coefficient (Wildman–Crippen LogP) is 4.10. The van der Waals surface area contributed by atoms with Gasteiger partial charge in [0.2, 0.25) is 0 Å². The lowest BCUT2D eigenvalue weighted by Crippen LogP contribution is -1.73. The van der Waals surface area contributed by atoms with E-state index >= 15 is 0 Å². The summed E-state index contributed by atoms with van der Waals surface area (Å²) in [6, 6.07) is 0. The summed E-state index contributed by atoms with van der Waals surface area (Å²) in [4.78, 5) is 0. The maximum Gasteiger partial charge on any atom is 0.0110 e. The van der Waals surface area contributed by atoms with Crippen molar-refractivity contribution >= 4 is 11.6 Å². The molecule has 0 spiro atoms. The van der Waals surface area contributed by atoms with Gasteiger partial charge in [0, 0.05) is 5.03 Å². The Bertz CT molecular complexity index is 90.9. The number of halogens is 1. The van der Waals surface area contributed by atoms with Crippen molar-refractivity contribution in [2.75, 3.05) is 0 Å². The first-order valence-corrected chi connectivity index (χ1v) is 4.47. The van der Waals surface area contributed by atoms with Crippen LogP contribution in [0.25, 0.3) is 0 Å². The van der Waals surface area contributed by atoms with Gasteiger partial charge in [-0.15, -0.1) is 0 Å². The number of hydrogen-bond acceptors (Lipinski definition) is 0. The SMILES string of the molecule is CCCCCC/C=C(/C)Cl. The Balaban J connectivity index is 2.98. The molecule has 0 radical (unpaired) electrons. The summed E-state index contributed by atoms with van der Waals surface area (Å²) >= 11 is 5.65. The molecule has 0 aromatic heterocycles. The molecule has 0 saturated carbocycles. The van der Waals surface area contributed by atoms with Crippen LogP contribution in [0.1, 0.15) is 46.0 Å². The Kier molecular flexibility index (Phi) is 7.16. The number of unbranched alkanes of at least 4 members (excludes halogenated alkanes) is 4. The second-order valence-corrected chi connectivity index (χ2v) is 3.24. The molecule has 0 N–H and O–H groups in total. The first-order chi connectivity index (χ1) is 4.77. The van der Waals surface area contributed by atoms with E-state index in [0.29, 0.717) is 0 Å². The van der Waals surface area contributed by atoms with Crippen molar-refractivity contribution in [2.45, 2.75) is 46.0 Å². The minimum Gasteiger partial charge on any atom is -0.0898 e. The van der Waals surface area contributed by atoms with Gasteiger partial charge < -0.3 is 0 Å². The molecular formula is C9H17Cl. The average Bonchev–Trinajstić information content (AvgIpc) is 1.87. The Morgan fingerprint density at radius 2 is 2.00 bits per heavy atom. The first kappa shape index (κ1) is 10.0. The summed E-state index contributed by atoms with van der Waals surface area (Å²) in [5.74, 6) is 0. The largest absolute Gasteiger partial charge is 0.0898 e. The molecule has 0 aromatic carbocycles. The topological polar surface area (TPSA) is 0 Å². The van der Waals surface area contributed by atoms with Crippen LogP contribution in [-0.4, -0.2) is 0 Å². The second kappa shape index (κ2) is 7.14. The van der Waals surface area contributed by atoms with Crippen LogP contribution in [0, 0.1) is 0 Å². The highest BCUT2D eigenvalue weighted by atomic mass is 35.5. The van der Waals surface area contributed by atoms with Gasteiger partial charge >= 0.3 is 0 Å². The molecule has 0 aliphatic carbocycles. The van der Waals surface area contributed by atoms with Gasteiger partial charge in [-0.2, -0.15) is 0 Å². The fourth-order valence-electron chi connectivity index (χ4n) is 0.872. The van der Waals surface area contributed by atoms with E-state index in [1.807, 2.05) is 6.92 Å². The van der Waals surface area contributed by atoms with Crippen LogP contribution in [0.15, 0.2) is 11.1 Å². The number of allylic oxidation sites excluding steroid dienone is 2. The highest BCUT2D eigenvalue weighted by Crippen LogP contribution is 2.06. The standard InChI is InChI=1S/C9H17Cl/c1-3-4-5-6-7-8-9(2)10/h8H,3-7H2,1-2H3/b9-8-. The van der Waals surface area contributed by atoms with E-state index < -0.39 is 0 Å². The monoisotopic (exact) mass is 160 g/mol. The summed E-state index contributed by atoms with van der Waals surface area (Å²) in [6.45, 7) is 4.16. The fraction of sp³-hybridized carbons (Fsp3) is 0.778. The molecule has 1 heteroatoms. The lowest BCUT2D eigenvalue weighted by molar-refractivity contribution is 0.674. The molecule has 0 heterocycles. The zero-order valence-corrected chi connectivity index (χ0v) is 7.75. The Hall–Kier alpha value is 0.0300. The van der Waals surface area contributed by atoms with Crippen molar-refractivity contribution in [1.82, 2.24) is 0 Å². The van der Waals surface area contributed by atoms with Gasteiger partial charge in [0.25, 0.3) is 0 Å². The molecule has 60 valence electrons. The van der Waals surface area contributed by atoms with Gasteiger partial charge in [0.05, 0.1) is 0 Å². The van der Waals surface area contributed by atoms with Crippen molar-refractivity contribution in [3.63, 3.8) is 0 Å². The van der Waals surface area contributed by atoms with Gasteiger partial charge in [-0.25, -0.2) is 0 Å². The summed E-state index contributed by atoms with van der Waals surface area (Å²) in [7, 11) is 0. The molecule has 0 amide bonds. The van der Waals surface area contributed by atoms with Crippen molar-refractivity contribution in [1.29, 1.82) is 0 Å². The van der Waals surface area contributed by atoms with Crippen LogP contribution in [-0.2, 0) is 0 Å². The molecule has 0 aromatic rings. The van der Waals surface area contributed by atoms with Crippen molar-refractivity contribution < 1.29 is 0 Å². The van der Waals surface area contributed by atoms with Gasteiger partial charge in [0.15, 0.2) is 0 Å². The third-order valence-corrected chi connectivity index (χ3v) is 1.64. The third kappa shape index (κ3) is 8.03. The molecule has 0 aliphatic rings. The summed E-state index contributed by atoms with van der Waals surface area (Å²) in [5.41, 5.74) is 0. The van der Waals surface area contributed by atoms with E-state index in [1.54, 1.807) is 0 Å². The maximum absolute atomic E-state index is 5.65. The highest BCUT2D eigenvalue weighted by molar-refractivity contribution is 6.29. The van der Waals surface area contributed by atoms with Crippen molar-refractivity contribution in [2.24, 2.45) is 0 Å². The van der Waals surface area contributed by atoms with E-state index in [9.17, 15) is 0 Å². The lowest BCUT2D eigenvalue weighted by atomic mass is 10.1. The quantitative estimate of drug-likeness (QED) is 0.532. The lowest BCUT2D eigenvalue weighted by Gasteiger charge is -1.93. The summed E-state index contributed by atoms with van der Waals surface area (Å²) < 4.78 is 0. The second-order valence-electron chi connectivity index (χ2n) is 2.64. The zero-order chi connectivity index (χ0) is 7.82. The average molecular weight is 161 g/mol. The molecule has 0 rings (SSSR count).